The molecule has 242 valence electrons. The Morgan fingerprint density at radius 3 is 1.81 bits per heavy atom. The number of hydrogen-bond donors (Lipinski definition) is 0. The second-order valence-electron chi connectivity index (χ2n) is 12.6. The summed E-state index contributed by atoms with van der Waals surface area (Å²) in [5, 5.41) is 1.91. The van der Waals surface area contributed by atoms with Crippen LogP contribution in [0.2, 0.25) is 0 Å². The molecule has 2 heterocycles. The van der Waals surface area contributed by atoms with Crippen LogP contribution in [0.25, 0.3) is 70.6 Å². The Morgan fingerprint density at radius 1 is 0.481 bits per heavy atom. The van der Waals surface area contributed by atoms with E-state index in [2.05, 4.69) is 15.8 Å². The minimum absolute atomic E-state index is 0.310. The van der Waals surface area contributed by atoms with E-state index in [1.807, 2.05) is 138 Å². The van der Waals surface area contributed by atoms with E-state index in [-0.39, 0.29) is 0 Å². The van der Waals surface area contributed by atoms with E-state index >= 15 is 0 Å². The van der Waals surface area contributed by atoms with Crippen LogP contribution in [0.15, 0.2) is 158 Å². The third-order valence-electron chi connectivity index (χ3n) is 9.74. The predicted octanol–water partition coefficient (Wildman–Crippen LogP) is 11.7. The molecule has 0 atom stereocenters. The van der Waals surface area contributed by atoms with Crippen LogP contribution >= 0.6 is 0 Å². The summed E-state index contributed by atoms with van der Waals surface area (Å²) in [6.45, 7) is 15.5. The Labute approximate surface area is 299 Å². The Hall–Kier alpha value is -7.54. The number of fused-ring (bicyclic) bond motifs is 4. The molecule has 1 aliphatic rings. The molecule has 9 rings (SSSR count). The minimum atomic E-state index is -0.411. The smallest absolute Gasteiger partial charge is 0.268 e. The standard InChI is InChI=1S/C46H26N4O2/c1-47-33-23-24-35(40(28-33)48-2)37-18-11-19-38-36-17-9-10-21-41(36)50(44(37)38)42-22-12-20-39-43(42)46(52)49(45(39)51)34-26-31(29-13-5-3-6-14-29)25-32(27-34)30-15-7-4-8-16-30/h3-28H. The van der Waals surface area contributed by atoms with E-state index in [0.29, 0.717) is 39.4 Å². The first-order chi connectivity index (χ1) is 25.6. The average Bonchev–Trinajstić information content (AvgIpc) is 3.68. The third kappa shape index (κ3) is 4.71. The van der Waals surface area contributed by atoms with Gasteiger partial charge in [0.05, 0.1) is 46.7 Å². The van der Waals surface area contributed by atoms with Gasteiger partial charge >= 0.3 is 0 Å². The van der Waals surface area contributed by atoms with Crippen LogP contribution in [0.1, 0.15) is 20.7 Å². The Balaban J connectivity index is 1.27. The number of amides is 2. The van der Waals surface area contributed by atoms with E-state index in [1.165, 1.54) is 4.90 Å². The SMILES string of the molecule is [C-]#[N+]c1ccc(-c2cccc3c4ccccc4n(-c4cccc5c4C(=O)N(c4cc(-c6ccccc6)cc(-c6ccccc6)c4)C5=O)c23)c([N+]#[C-])c1. The normalized spacial score (nSPS) is 12.2. The number of hydrogen-bond acceptors (Lipinski definition) is 2. The van der Waals surface area contributed by atoms with Gasteiger partial charge < -0.3 is 4.57 Å². The van der Waals surface area contributed by atoms with Gasteiger partial charge in [-0.25, -0.2) is 14.6 Å². The van der Waals surface area contributed by atoms with Crippen molar-refractivity contribution in [3.8, 4) is 39.1 Å². The summed E-state index contributed by atoms with van der Waals surface area (Å²) in [5.74, 6) is -0.802. The average molecular weight is 667 g/mol. The summed E-state index contributed by atoms with van der Waals surface area (Å²) >= 11 is 0. The maximum Gasteiger partial charge on any atom is 0.268 e. The molecule has 6 nitrogen and oxygen atoms in total. The van der Waals surface area contributed by atoms with Crippen molar-refractivity contribution in [2.24, 2.45) is 0 Å². The molecular formula is C46H26N4O2. The maximum atomic E-state index is 14.8. The predicted molar refractivity (Wildman–Crippen MR) is 207 cm³/mol. The summed E-state index contributed by atoms with van der Waals surface area (Å²) in [7, 11) is 0. The molecule has 0 saturated carbocycles. The highest BCUT2D eigenvalue weighted by Gasteiger charge is 2.40. The molecule has 0 aliphatic carbocycles. The zero-order valence-corrected chi connectivity index (χ0v) is 27.6. The number of benzene rings is 7. The largest absolute Gasteiger partial charge is 0.308 e. The quantitative estimate of drug-likeness (QED) is 0.136. The van der Waals surface area contributed by atoms with Crippen molar-refractivity contribution in [2.45, 2.75) is 0 Å². The van der Waals surface area contributed by atoms with Crippen molar-refractivity contribution in [3.05, 3.63) is 192 Å². The maximum absolute atomic E-state index is 14.8. The van der Waals surface area contributed by atoms with Crippen LogP contribution in [-0.2, 0) is 0 Å². The van der Waals surface area contributed by atoms with Crippen LogP contribution in [0.4, 0.5) is 17.1 Å². The number of carbonyl (C=O) groups is 2. The van der Waals surface area contributed by atoms with E-state index in [4.69, 9.17) is 13.1 Å². The zero-order valence-electron chi connectivity index (χ0n) is 27.6. The molecule has 0 saturated heterocycles. The number of para-hydroxylation sites is 2. The van der Waals surface area contributed by atoms with E-state index in [9.17, 15) is 9.59 Å². The van der Waals surface area contributed by atoms with Gasteiger partial charge in [-0.2, -0.15) is 0 Å². The molecule has 0 radical (unpaired) electrons. The lowest BCUT2D eigenvalue weighted by molar-refractivity contribution is 0.0926. The van der Waals surface area contributed by atoms with Gasteiger partial charge in [-0.3, -0.25) is 9.59 Å². The molecule has 0 spiro atoms. The number of imide groups is 1. The van der Waals surface area contributed by atoms with E-state index in [0.717, 1.165) is 49.6 Å². The van der Waals surface area contributed by atoms with Crippen LogP contribution < -0.4 is 4.90 Å². The van der Waals surface area contributed by atoms with Crippen molar-refractivity contribution < 1.29 is 9.59 Å². The second-order valence-corrected chi connectivity index (χ2v) is 12.6. The molecule has 0 fully saturated rings. The summed E-state index contributed by atoms with van der Waals surface area (Å²) in [5.41, 5.74) is 9.28. The van der Waals surface area contributed by atoms with Crippen LogP contribution in [-0.4, -0.2) is 16.4 Å². The number of carbonyl (C=O) groups excluding carboxylic acids is 2. The molecular weight excluding hydrogens is 641 g/mol. The first-order valence-corrected chi connectivity index (χ1v) is 16.8. The van der Waals surface area contributed by atoms with Gasteiger partial charge in [0.15, 0.2) is 11.4 Å². The first kappa shape index (κ1) is 30.5. The summed E-state index contributed by atoms with van der Waals surface area (Å²) in [6.07, 6.45) is 0. The van der Waals surface area contributed by atoms with Gasteiger partial charge in [-0.15, -0.1) is 0 Å². The number of rotatable bonds is 5. The highest BCUT2D eigenvalue weighted by Crippen LogP contribution is 2.44. The van der Waals surface area contributed by atoms with Crippen molar-refractivity contribution >= 4 is 50.7 Å². The van der Waals surface area contributed by atoms with Gasteiger partial charge in [0.1, 0.15) is 0 Å². The third-order valence-corrected chi connectivity index (χ3v) is 9.74. The molecule has 1 aliphatic heterocycles. The molecule has 0 N–H and O–H groups in total. The van der Waals surface area contributed by atoms with Crippen LogP contribution in [0, 0.1) is 13.1 Å². The van der Waals surface area contributed by atoms with Crippen molar-refractivity contribution in [3.63, 3.8) is 0 Å². The highest BCUT2D eigenvalue weighted by molar-refractivity contribution is 6.36. The molecule has 8 aromatic rings. The van der Waals surface area contributed by atoms with Gasteiger partial charge in [-0.05, 0) is 69.8 Å². The summed E-state index contributed by atoms with van der Waals surface area (Å²) in [6, 6.07) is 50.2. The minimum Gasteiger partial charge on any atom is -0.308 e. The van der Waals surface area contributed by atoms with Gasteiger partial charge in [0.25, 0.3) is 11.8 Å². The molecule has 52 heavy (non-hydrogen) atoms. The summed E-state index contributed by atoms with van der Waals surface area (Å²) in [4.78, 5) is 37.9. The Kier molecular flexibility index (Phi) is 7.10. The topological polar surface area (TPSA) is 51.0 Å². The Bertz CT molecular complexity index is 2800. The molecule has 6 heteroatoms. The number of nitrogens with zero attached hydrogens (tertiary/aromatic N) is 4. The molecule has 0 bridgehead atoms. The fourth-order valence-electron chi connectivity index (χ4n) is 7.42. The second kappa shape index (κ2) is 12.1. The van der Waals surface area contributed by atoms with Gasteiger partial charge in [0.2, 0.25) is 0 Å². The van der Waals surface area contributed by atoms with E-state index in [1.54, 1.807) is 18.2 Å². The lowest BCUT2D eigenvalue weighted by Crippen LogP contribution is -2.29. The Morgan fingerprint density at radius 2 is 1.12 bits per heavy atom. The van der Waals surface area contributed by atoms with Crippen molar-refractivity contribution in [1.29, 1.82) is 0 Å². The zero-order chi connectivity index (χ0) is 35.3. The fourth-order valence-corrected chi connectivity index (χ4v) is 7.42. The molecule has 7 aromatic carbocycles. The monoisotopic (exact) mass is 666 g/mol. The molecule has 0 unspecified atom stereocenters. The van der Waals surface area contributed by atoms with Gasteiger partial charge in [-0.1, -0.05) is 121 Å². The van der Waals surface area contributed by atoms with Crippen LogP contribution in [0.5, 0.6) is 0 Å². The summed E-state index contributed by atoms with van der Waals surface area (Å²) < 4.78 is 2.04. The molecule has 2 amide bonds. The lowest BCUT2D eigenvalue weighted by Gasteiger charge is -2.18. The van der Waals surface area contributed by atoms with Gasteiger partial charge in [0, 0.05) is 10.8 Å². The highest BCUT2D eigenvalue weighted by atomic mass is 16.2. The first-order valence-electron chi connectivity index (χ1n) is 16.8. The molecule has 1 aromatic heterocycles. The van der Waals surface area contributed by atoms with Crippen molar-refractivity contribution in [1.82, 2.24) is 4.57 Å². The van der Waals surface area contributed by atoms with Crippen LogP contribution in [0.3, 0.4) is 0 Å². The fraction of sp³-hybridized carbons (Fsp3) is 0. The number of aromatic nitrogens is 1. The lowest BCUT2D eigenvalue weighted by atomic mass is 9.97. The van der Waals surface area contributed by atoms with Crippen molar-refractivity contribution in [2.75, 3.05) is 4.90 Å². The van der Waals surface area contributed by atoms with E-state index < -0.39 is 11.8 Å². The number of anilines is 1.